The quantitative estimate of drug-likeness (QED) is 0.684. The molecule has 3 rings (SSSR count). The number of nitrogens with zero attached hydrogens (tertiary/aromatic N) is 4. The van der Waals surface area contributed by atoms with Crippen LogP contribution in [0.2, 0.25) is 0 Å². The number of nitrogens with one attached hydrogen (secondary N) is 1. The van der Waals surface area contributed by atoms with Crippen molar-refractivity contribution in [2.75, 3.05) is 12.3 Å². The van der Waals surface area contributed by atoms with Crippen molar-refractivity contribution in [2.45, 2.75) is 43.0 Å². The van der Waals surface area contributed by atoms with Crippen LogP contribution in [0.4, 0.5) is 0 Å². The standard InChI is InChI=1S/C11H17N5O2S/c17-9(7-1-2-7)5-12-10(18)6-19-11-13-14-15-16(11)8-3-4-8/h7-9,17H,1-6H2,(H,12,18). The van der Waals surface area contributed by atoms with Crippen molar-refractivity contribution in [2.24, 2.45) is 5.92 Å². The highest BCUT2D eigenvalue weighted by Crippen LogP contribution is 2.36. The van der Waals surface area contributed by atoms with Gasteiger partial charge in [0.2, 0.25) is 11.1 Å². The van der Waals surface area contributed by atoms with Gasteiger partial charge in [-0.1, -0.05) is 11.8 Å². The highest BCUT2D eigenvalue weighted by atomic mass is 32.2. The third-order valence-electron chi connectivity index (χ3n) is 3.36. The van der Waals surface area contributed by atoms with E-state index in [0.717, 1.165) is 25.7 Å². The number of tetrazole rings is 1. The summed E-state index contributed by atoms with van der Waals surface area (Å²) in [6.45, 7) is 0.345. The highest BCUT2D eigenvalue weighted by Gasteiger charge is 2.30. The van der Waals surface area contributed by atoms with E-state index in [1.165, 1.54) is 11.8 Å². The second-order valence-electron chi connectivity index (χ2n) is 5.13. The molecule has 1 aromatic rings. The predicted octanol–water partition coefficient (Wildman–Crippen LogP) is -0.0128. The number of aliphatic hydroxyl groups is 1. The summed E-state index contributed by atoms with van der Waals surface area (Å²) in [6, 6.07) is 0.414. The maximum Gasteiger partial charge on any atom is 0.230 e. The molecule has 0 saturated heterocycles. The number of carbonyl (C=O) groups excluding carboxylic acids is 1. The average Bonchev–Trinajstić information content (AvgIpc) is 3.31. The fourth-order valence-electron chi connectivity index (χ4n) is 1.88. The van der Waals surface area contributed by atoms with Gasteiger partial charge in [-0.15, -0.1) is 5.10 Å². The molecule has 2 saturated carbocycles. The highest BCUT2D eigenvalue weighted by molar-refractivity contribution is 7.99. The summed E-state index contributed by atoms with van der Waals surface area (Å²) >= 11 is 1.34. The van der Waals surface area contributed by atoms with E-state index < -0.39 is 6.10 Å². The molecular formula is C11H17N5O2S. The molecule has 2 aliphatic rings. The lowest BCUT2D eigenvalue weighted by molar-refractivity contribution is -0.119. The zero-order valence-corrected chi connectivity index (χ0v) is 11.3. The summed E-state index contributed by atoms with van der Waals surface area (Å²) in [5, 5.41) is 24.6. The van der Waals surface area contributed by atoms with Crippen LogP contribution in [0.5, 0.6) is 0 Å². The Morgan fingerprint density at radius 3 is 2.95 bits per heavy atom. The smallest absolute Gasteiger partial charge is 0.230 e. The fourth-order valence-corrected chi connectivity index (χ4v) is 2.65. The lowest BCUT2D eigenvalue weighted by Gasteiger charge is -2.10. The molecule has 8 heteroatoms. The first-order chi connectivity index (χ1) is 9.24. The van der Waals surface area contributed by atoms with Crippen LogP contribution in [-0.2, 0) is 4.79 Å². The van der Waals surface area contributed by atoms with Crippen molar-refractivity contribution in [1.82, 2.24) is 25.5 Å². The first-order valence-corrected chi connectivity index (χ1v) is 7.58. The molecule has 1 aromatic heterocycles. The molecule has 2 N–H and O–H groups in total. The molecular weight excluding hydrogens is 266 g/mol. The second-order valence-corrected chi connectivity index (χ2v) is 6.08. The molecule has 0 spiro atoms. The van der Waals surface area contributed by atoms with E-state index >= 15 is 0 Å². The summed E-state index contributed by atoms with van der Waals surface area (Å²) < 4.78 is 1.79. The number of thioether (sulfide) groups is 1. The molecule has 0 aromatic carbocycles. The average molecular weight is 283 g/mol. The van der Waals surface area contributed by atoms with Crippen LogP contribution in [0.25, 0.3) is 0 Å². The van der Waals surface area contributed by atoms with E-state index in [0.29, 0.717) is 23.7 Å². The van der Waals surface area contributed by atoms with Gasteiger partial charge < -0.3 is 10.4 Å². The van der Waals surface area contributed by atoms with Crippen LogP contribution in [0.3, 0.4) is 0 Å². The Bertz CT molecular complexity index is 458. The van der Waals surface area contributed by atoms with Gasteiger partial charge in [0.1, 0.15) is 0 Å². The minimum atomic E-state index is -0.397. The van der Waals surface area contributed by atoms with Gasteiger partial charge in [0.25, 0.3) is 0 Å². The van der Waals surface area contributed by atoms with Crippen LogP contribution >= 0.6 is 11.8 Å². The van der Waals surface area contributed by atoms with Crippen molar-refractivity contribution in [1.29, 1.82) is 0 Å². The van der Waals surface area contributed by atoms with Crippen LogP contribution in [0, 0.1) is 5.92 Å². The summed E-state index contributed by atoms with van der Waals surface area (Å²) in [6.07, 6.45) is 3.96. The van der Waals surface area contributed by atoms with Crippen LogP contribution in [0.15, 0.2) is 5.16 Å². The second kappa shape index (κ2) is 5.46. The molecule has 0 bridgehead atoms. The third-order valence-corrected chi connectivity index (χ3v) is 4.30. The Morgan fingerprint density at radius 2 is 2.26 bits per heavy atom. The van der Waals surface area contributed by atoms with Gasteiger partial charge in [0.05, 0.1) is 17.9 Å². The molecule has 1 heterocycles. The minimum Gasteiger partial charge on any atom is -0.391 e. The molecule has 1 amide bonds. The summed E-state index contributed by atoms with van der Waals surface area (Å²) in [4.78, 5) is 11.7. The van der Waals surface area contributed by atoms with Gasteiger partial charge in [-0.3, -0.25) is 4.79 Å². The SMILES string of the molecule is O=C(CSc1nnnn1C1CC1)NCC(O)C1CC1. The number of aromatic nitrogens is 4. The van der Waals surface area contributed by atoms with Gasteiger partial charge in [-0.2, -0.15) is 0 Å². The zero-order valence-electron chi connectivity index (χ0n) is 10.5. The van der Waals surface area contributed by atoms with Gasteiger partial charge >= 0.3 is 0 Å². The number of hydrogen-bond acceptors (Lipinski definition) is 6. The minimum absolute atomic E-state index is 0.0879. The van der Waals surface area contributed by atoms with Gasteiger partial charge in [-0.05, 0) is 42.0 Å². The molecule has 1 atom stereocenters. The maximum atomic E-state index is 11.7. The predicted molar refractivity (Wildman–Crippen MR) is 68.6 cm³/mol. The largest absolute Gasteiger partial charge is 0.391 e. The third kappa shape index (κ3) is 3.44. The molecule has 7 nitrogen and oxygen atoms in total. The van der Waals surface area contributed by atoms with E-state index in [1.807, 2.05) is 0 Å². The molecule has 2 aliphatic carbocycles. The van der Waals surface area contributed by atoms with E-state index in [4.69, 9.17) is 0 Å². The number of amides is 1. The van der Waals surface area contributed by atoms with E-state index in [2.05, 4.69) is 20.8 Å². The Balaban J connectivity index is 1.40. The van der Waals surface area contributed by atoms with Crippen molar-refractivity contribution >= 4 is 17.7 Å². The van der Waals surface area contributed by atoms with Crippen molar-refractivity contribution in [3.05, 3.63) is 0 Å². The Hall–Kier alpha value is -1.15. The summed E-state index contributed by atoms with van der Waals surface area (Å²) in [7, 11) is 0. The number of aliphatic hydroxyl groups excluding tert-OH is 1. The normalized spacial score (nSPS) is 20.3. The molecule has 104 valence electrons. The van der Waals surface area contributed by atoms with E-state index in [1.54, 1.807) is 4.68 Å². The Labute approximate surface area is 115 Å². The van der Waals surface area contributed by atoms with Crippen molar-refractivity contribution in [3.8, 4) is 0 Å². The van der Waals surface area contributed by atoms with Gasteiger partial charge in [0.15, 0.2) is 0 Å². The topological polar surface area (TPSA) is 92.9 Å². The maximum absolute atomic E-state index is 11.7. The number of carbonyl (C=O) groups is 1. The fraction of sp³-hybridized carbons (Fsp3) is 0.818. The van der Waals surface area contributed by atoms with Crippen LogP contribution < -0.4 is 5.32 Å². The Kier molecular flexibility index (Phi) is 3.69. The van der Waals surface area contributed by atoms with Crippen molar-refractivity contribution in [3.63, 3.8) is 0 Å². The van der Waals surface area contributed by atoms with Gasteiger partial charge in [0, 0.05) is 6.54 Å². The molecule has 19 heavy (non-hydrogen) atoms. The molecule has 0 radical (unpaired) electrons. The van der Waals surface area contributed by atoms with Crippen LogP contribution in [-0.4, -0.2) is 49.6 Å². The molecule has 0 aliphatic heterocycles. The molecule has 1 unspecified atom stereocenters. The summed E-state index contributed by atoms with van der Waals surface area (Å²) in [5.74, 6) is 0.579. The van der Waals surface area contributed by atoms with E-state index in [-0.39, 0.29) is 11.7 Å². The monoisotopic (exact) mass is 283 g/mol. The first kappa shape index (κ1) is 12.9. The lowest BCUT2D eigenvalue weighted by atomic mass is 10.2. The number of hydrogen-bond donors (Lipinski definition) is 2. The lowest BCUT2D eigenvalue weighted by Crippen LogP contribution is -2.34. The summed E-state index contributed by atoms with van der Waals surface area (Å²) in [5.41, 5.74) is 0. The first-order valence-electron chi connectivity index (χ1n) is 6.59. The molecule has 2 fully saturated rings. The number of rotatable bonds is 7. The van der Waals surface area contributed by atoms with Crippen molar-refractivity contribution < 1.29 is 9.90 Å². The van der Waals surface area contributed by atoms with Gasteiger partial charge in [-0.25, -0.2) is 4.68 Å². The van der Waals surface area contributed by atoms with E-state index in [9.17, 15) is 9.90 Å². The van der Waals surface area contributed by atoms with Crippen LogP contribution in [0.1, 0.15) is 31.7 Å². The zero-order chi connectivity index (χ0) is 13.2. The Morgan fingerprint density at radius 1 is 1.47 bits per heavy atom.